The number of hydrogen-bond donors (Lipinski definition) is 0. The predicted octanol–water partition coefficient (Wildman–Crippen LogP) is 5.13. The van der Waals surface area contributed by atoms with E-state index >= 15 is 0 Å². The first-order valence-electron chi connectivity index (χ1n) is 8.48. The van der Waals surface area contributed by atoms with Crippen LogP contribution in [0.1, 0.15) is 21.5 Å². The molecule has 0 radical (unpaired) electrons. The summed E-state index contributed by atoms with van der Waals surface area (Å²) in [4.78, 5) is 26.6. The lowest BCUT2D eigenvalue weighted by atomic mass is 10.2. The lowest BCUT2D eigenvalue weighted by Crippen LogP contribution is -2.28. The van der Waals surface area contributed by atoms with Crippen LogP contribution in [-0.4, -0.2) is 22.4 Å². The largest absolute Gasteiger partial charge is 0.337 e. The topological polar surface area (TPSA) is 42.3 Å². The maximum absolute atomic E-state index is 12.8. The highest BCUT2D eigenvalue weighted by atomic mass is 35.5. The highest BCUT2D eigenvalue weighted by Crippen LogP contribution is 2.22. The first-order valence-corrected chi connectivity index (χ1v) is 9.62. The lowest BCUT2D eigenvalue weighted by Gasteiger charge is -2.19. The second-order valence-corrected chi connectivity index (χ2v) is 7.62. The summed E-state index contributed by atoms with van der Waals surface area (Å²) in [6, 6.07) is 15.3. The van der Waals surface area contributed by atoms with Gasteiger partial charge < -0.3 is 9.47 Å². The Bertz CT molecular complexity index is 1080. The van der Waals surface area contributed by atoms with Crippen molar-refractivity contribution in [3.05, 3.63) is 103 Å². The van der Waals surface area contributed by atoms with Crippen molar-refractivity contribution in [2.45, 2.75) is 13.1 Å². The number of pyridine rings is 1. The Morgan fingerprint density at radius 3 is 2.43 bits per heavy atom. The molecule has 1 aromatic heterocycles. The number of nitrogens with zero attached hydrogens (tertiary/aromatic N) is 2. The maximum Gasteiger partial charge on any atom is 0.255 e. The molecule has 3 aromatic rings. The molecule has 28 heavy (non-hydrogen) atoms. The lowest BCUT2D eigenvalue weighted by molar-refractivity contribution is 0.0784. The van der Waals surface area contributed by atoms with E-state index in [0.717, 1.165) is 11.1 Å². The molecule has 2 aromatic carbocycles. The van der Waals surface area contributed by atoms with Crippen molar-refractivity contribution in [1.29, 1.82) is 0 Å². The molecule has 0 aliphatic rings. The van der Waals surface area contributed by atoms with Gasteiger partial charge in [-0.15, -0.1) is 0 Å². The summed E-state index contributed by atoms with van der Waals surface area (Å²) in [6.45, 7) is 0.602. The van der Waals surface area contributed by atoms with Crippen LogP contribution in [0.5, 0.6) is 0 Å². The fourth-order valence-electron chi connectivity index (χ4n) is 2.79. The zero-order valence-corrected chi connectivity index (χ0v) is 17.3. The molecule has 3 rings (SSSR count). The average Bonchev–Trinajstić information content (AvgIpc) is 2.67. The van der Waals surface area contributed by atoms with Gasteiger partial charge in [0, 0.05) is 40.9 Å². The van der Waals surface area contributed by atoms with E-state index in [1.165, 1.54) is 21.6 Å². The fourth-order valence-corrected chi connectivity index (χ4v) is 3.45. The van der Waals surface area contributed by atoms with Crippen LogP contribution in [0.2, 0.25) is 15.1 Å². The van der Waals surface area contributed by atoms with Gasteiger partial charge in [0.1, 0.15) is 0 Å². The Kier molecular flexibility index (Phi) is 6.45. The highest BCUT2D eigenvalue weighted by Gasteiger charge is 2.15. The molecule has 0 fully saturated rings. The fraction of sp³-hybridized carbons (Fsp3) is 0.143. The van der Waals surface area contributed by atoms with E-state index in [1.54, 1.807) is 37.5 Å². The Hall–Kier alpha value is -2.27. The molecular weight excluding hydrogens is 419 g/mol. The minimum absolute atomic E-state index is 0.208. The molecule has 0 spiro atoms. The summed E-state index contributed by atoms with van der Waals surface area (Å²) < 4.78 is 1.47. The maximum atomic E-state index is 12.8. The van der Waals surface area contributed by atoms with E-state index in [9.17, 15) is 9.59 Å². The number of rotatable bonds is 5. The monoisotopic (exact) mass is 434 g/mol. The third kappa shape index (κ3) is 4.76. The van der Waals surface area contributed by atoms with Crippen molar-refractivity contribution in [3.63, 3.8) is 0 Å². The molecule has 0 aliphatic heterocycles. The van der Waals surface area contributed by atoms with Crippen LogP contribution in [0.3, 0.4) is 0 Å². The third-order valence-corrected chi connectivity index (χ3v) is 5.25. The van der Waals surface area contributed by atoms with Crippen LogP contribution in [0, 0.1) is 0 Å². The molecule has 4 nitrogen and oxygen atoms in total. The zero-order valence-electron chi connectivity index (χ0n) is 15.0. The molecule has 144 valence electrons. The SMILES string of the molecule is CN(Cc1ccc(Cl)cc1Cl)C(=O)c1ccc(=O)n(Cc2ccccc2Cl)c1. The van der Waals surface area contributed by atoms with Crippen molar-refractivity contribution in [2.75, 3.05) is 7.05 Å². The van der Waals surface area contributed by atoms with Gasteiger partial charge in [-0.05, 0) is 35.4 Å². The molecular formula is C21H17Cl3N2O2. The minimum atomic E-state index is -0.223. The Morgan fingerprint density at radius 1 is 0.964 bits per heavy atom. The van der Waals surface area contributed by atoms with E-state index in [-0.39, 0.29) is 18.0 Å². The molecule has 0 N–H and O–H groups in total. The average molecular weight is 436 g/mol. The van der Waals surface area contributed by atoms with Gasteiger partial charge in [0.2, 0.25) is 0 Å². The van der Waals surface area contributed by atoms with E-state index in [4.69, 9.17) is 34.8 Å². The van der Waals surface area contributed by atoms with Gasteiger partial charge >= 0.3 is 0 Å². The van der Waals surface area contributed by atoms with Crippen LogP contribution in [0.15, 0.2) is 65.6 Å². The summed E-state index contributed by atoms with van der Waals surface area (Å²) in [7, 11) is 1.68. The number of hydrogen-bond acceptors (Lipinski definition) is 2. The molecule has 7 heteroatoms. The van der Waals surface area contributed by atoms with Crippen LogP contribution in [0.25, 0.3) is 0 Å². The Balaban J connectivity index is 1.82. The van der Waals surface area contributed by atoms with Gasteiger partial charge in [0.25, 0.3) is 11.5 Å². The summed E-state index contributed by atoms with van der Waals surface area (Å²) in [5.74, 6) is -0.223. The Labute approximate surface area is 177 Å². The normalized spacial score (nSPS) is 10.7. The van der Waals surface area contributed by atoms with Crippen molar-refractivity contribution in [3.8, 4) is 0 Å². The van der Waals surface area contributed by atoms with E-state index in [2.05, 4.69) is 0 Å². The smallest absolute Gasteiger partial charge is 0.255 e. The molecule has 1 heterocycles. The van der Waals surface area contributed by atoms with Crippen molar-refractivity contribution >= 4 is 40.7 Å². The number of carbonyl (C=O) groups excluding carboxylic acids is 1. The number of benzene rings is 2. The van der Waals surface area contributed by atoms with E-state index < -0.39 is 0 Å². The van der Waals surface area contributed by atoms with Gasteiger partial charge in [-0.1, -0.05) is 59.1 Å². The second-order valence-electron chi connectivity index (χ2n) is 6.37. The summed E-state index contributed by atoms with van der Waals surface area (Å²) in [6.07, 6.45) is 1.55. The molecule has 0 bridgehead atoms. The molecule has 0 saturated heterocycles. The van der Waals surface area contributed by atoms with E-state index in [1.807, 2.05) is 18.2 Å². The number of halogens is 3. The van der Waals surface area contributed by atoms with Crippen molar-refractivity contribution < 1.29 is 4.79 Å². The van der Waals surface area contributed by atoms with Crippen molar-refractivity contribution in [2.24, 2.45) is 0 Å². The summed E-state index contributed by atoms with van der Waals surface area (Å²) in [5.41, 5.74) is 1.78. The quantitative estimate of drug-likeness (QED) is 0.557. The van der Waals surface area contributed by atoms with Crippen molar-refractivity contribution in [1.82, 2.24) is 9.47 Å². The summed E-state index contributed by atoms with van der Waals surface area (Å²) >= 11 is 18.3. The van der Waals surface area contributed by atoms with Gasteiger partial charge in [0.05, 0.1) is 12.1 Å². The standard InChI is InChI=1S/C21H17Cl3N2O2/c1-25(11-15-6-8-17(22)10-19(15)24)21(28)16-7-9-20(27)26(13-16)12-14-4-2-3-5-18(14)23/h2-10,13H,11-12H2,1H3. The molecule has 1 amide bonds. The third-order valence-electron chi connectivity index (χ3n) is 4.30. The first-order chi connectivity index (χ1) is 13.3. The summed E-state index contributed by atoms with van der Waals surface area (Å²) in [5, 5.41) is 1.60. The van der Waals surface area contributed by atoms with Gasteiger partial charge in [-0.3, -0.25) is 9.59 Å². The molecule has 0 aliphatic carbocycles. The van der Waals surface area contributed by atoms with Crippen LogP contribution in [0.4, 0.5) is 0 Å². The van der Waals surface area contributed by atoms with Crippen LogP contribution in [-0.2, 0) is 13.1 Å². The zero-order chi connectivity index (χ0) is 20.3. The number of amides is 1. The predicted molar refractivity (Wildman–Crippen MR) is 114 cm³/mol. The number of carbonyl (C=O) groups is 1. The Morgan fingerprint density at radius 2 is 1.71 bits per heavy atom. The second kappa shape index (κ2) is 8.82. The van der Waals surface area contributed by atoms with Gasteiger partial charge in [-0.2, -0.15) is 0 Å². The molecule has 0 atom stereocenters. The highest BCUT2D eigenvalue weighted by molar-refractivity contribution is 6.35. The first kappa shape index (κ1) is 20.5. The minimum Gasteiger partial charge on any atom is -0.337 e. The molecule has 0 saturated carbocycles. The molecule has 0 unspecified atom stereocenters. The number of aromatic nitrogens is 1. The van der Waals surface area contributed by atoms with E-state index in [0.29, 0.717) is 27.2 Å². The van der Waals surface area contributed by atoms with Gasteiger partial charge in [-0.25, -0.2) is 0 Å². The van der Waals surface area contributed by atoms with Gasteiger partial charge in [0.15, 0.2) is 0 Å². The van der Waals surface area contributed by atoms with Crippen LogP contribution >= 0.6 is 34.8 Å². The van der Waals surface area contributed by atoms with Crippen LogP contribution < -0.4 is 5.56 Å².